The van der Waals surface area contributed by atoms with E-state index in [1.807, 2.05) is 50.2 Å². The number of hydrogen-bond donors (Lipinski definition) is 4. The van der Waals surface area contributed by atoms with Gasteiger partial charge in [0.25, 0.3) is 5.01 Å². The van der Waals surface area contributed by atoms with Gasteiger partial charge in [0, 0.05) is 90.0 Å². The number of hydrogen-bond acceptors (Lipinski definition) is 9. The van der Waals surface area contributed by atoms with Gasteiger partial charge in [-0.05, 0) is 104 Å². The minimum absolute atomic E-state index is 0.188. The van der Waals surface area contributed by atoms with Crippen molar-refractivity contribution in [2.45, 2.75) is 112 Å². The van der Waals surface area contributed by atoms with Crippen molar-refractivity contribution in [1.82, 2.24) is 21.3 Å². The van der Waals surface area contributed by atoms with E-state index in [0.29, 0.717) is 57.8 Å². The highest BCUT2D eigenvalue weighted by molar-refractivity contribution is 8.03. The smallest absolute Gasteiger partial charge is 0.263 e. The number of fused-ring (bicyclic) bond motifs is 3. The number of aryl methyl sites for hydroxylation is 1. The van der Waals surface area contributed by atoms with E-state index in [2.05, 4.69) is 55.0 Å². The van der Waals surface area contributed by atoms with Gasteiger partial charge in [0.05, 0.1) is 21.5 Å². The molecule has 5 atom stereocenters. The molecule has 332 valence electrons. The zero-order valence-electron chi connectivity index (χ0n) is 36.5. The van der Waals surface area contributed by atoms with Crippen LogP contribution in [0.2, 0.25) is 0 Å². The van der Waals surface area contributed by atoms with Crippen molar-refractivity contribution in [2.24, 2.45) is 5.92 Å². The third-order valence-electron chi connectivity index (χ3n) is 11.3. The molecule has 5 unspecified atom stereocenters. The predicted molar refractivity (Wildman–Crippen MR) is 252 cm³/mol. The summed E-state index contributed by atoms with van der Waals surface area (Å²) in [4.78, 5) is 53.6. The van der Waals surface area contributed by atoms with E-state index in [1.165, 1.54) is 30.6 Å². The first-order valence-corrected chi connectivity index (χ1v) is 26.2. The molecule has 4 N–H and O–H groups in total. The molecule has 0 fully saturated rings. The number of benzene rings is 2. The molecule has 0 spiro atoms. The maximum absolute atomic E-state index is 12.8. The molecule has 0 saturated heterocycles. The molecule has 4 amide bonds. The average Bonchev–Trinajstić information content (AvgIpc) is 3.76. The SMILES string of the molecule is CCC(NC(C)=O)C(=O)NCCCN1C(=CC2=CC3=CC(=Cc4sc5ccc(S(C)=O)cc5[n+]4CCCNC(=O)C(CC)NC(C)=O)CCC3CC2)Sc2ccc(S(C)=O)cc21. The molecule has 1 aliphatic heterocycles. The number of nitrogens with zero attached hydrogens (tertiary/aromatic N) is 2. The molecule has 3 aromatic rings. The standard InChI is InChI=1S/C46H58N6O6S4/c1-7-37(49-29(3)53)45(55)47-19-9-21-51-39-27-35(61(5)57)15-17-41(39)59-43(51)25-31-11-13-33-14-12-32(24-34(33)23-31)26-44-52(40-28-36(62(6)58)16-18-42(40)60-44)22-10-20-48-46(56)38(8-2)50-30(4)54/h15-18,23-28,33,37-38H,7-14,19-22H2,1-6H3,(H3-,47,48,49,50,53,54,55,56)/p+1. The summed E-state index contributed by atoms with van der Waals surface area (Å²) in [5.41, 5.74) is 5.88. The van der Waals surface area contributed by atoms with Crippen LogP contribution in [0.1, 0.15) is 84.1 Å². The number of rotatable bonds is 18. The molecule has 2 aromatic carbocycles. The molecule has 0 bridgehead atoms. The van der Waals surface area contributed by atoms with E-state index in [-0.39, 0.29) is 23.6 Å². The Balaban J connectivity index is 1.23. The van der Waals surface area contributed by atoms with Crippen LogP contribution in [0.5, 0.6) is 0 Å². The fraction of sp³-hybridized carbons (Fsp3) is 0.457. The maximum Gasteiger partial charge on any atom is 0.263 e. The minimum atomic E-state index is -1.13. The summed E-state index contributed by atoms with van der Waals surface area (Å²) >= 11 is 3.42. The third-order valence-corrected chi connectivity index (χ3v) is 15.4. The highest BCUT2D eigenvalue weighted by Crippen LogP contribution is 2.48. The minimum Gasteiger partial charge on any atom is -0.354 e. The Morgan fingerprint density at radius 3 is 2.11 bits per heavy atom. The van der Waals surface area contributed by atoms with Crippen LogP contribution in [-0.2, 0) is 47.3 Å². The Bertz CT molecular complexity index is 2380. The molecular weight excluding hydrogens is 861 g/mol. The van der Waals surface area contributed by atoms with E-state index < -0.39 is 33.7 Å². The first-order chi connectivity index (χ1) is 29.7. The fourth-order valence-electron chi connectivity index (χ4n) is 8.09. The Hall–Kier alpha value is -4.38. The van der Waals surface area contributed by atoms with Crippen LogP contribution in [0.15, 0.2) is 91.1 Å². The van der Waals surface area contributed by atoms with Gasteiger partial charge < -0.3 is 26.2 Å². The normalized spacial score (nSPS) is 19.2. The summed E-state index contributed by atoms with van der Waals surface area (Å²) in [7, 11) is -2.26. The number of anilines is 1. The van der Waals surface area contributed by atoms with Gasteiger partial charge in [-0.15, -0.1) is 0 Å². The van der Waals surface area contributed by atoms with Crippen molar-refractivity contribution < 1.29 is 32.2 Å². The van der Waals surface area contributed by atoms with Gasteiger partial charge in [-0.2, -0.15) is 4.57 Å². The zero-order chi connectivity index (χ0) is 44.5. The number of carbonyl (C=O) groups is 4. The summed E-state index contributed by atoms with van der Waals surface area (Å²) in [6.07, 6.45) is 19.1. The van der Waals surface area contributed by atoms with E-state index in [9.17, 15) is 27.6 Å². The number of aromatic nitrogens is 1. The molecule has 2 heterocycles. The average molecular weight is 920 g/mol. The summed E-state index contributed by atoms with van der Waals surface area (Å²) in [6.45, 7) is 8.80. The topological polar surface area (TPSA) is 158 Å². The highest BCUT2D eigenvalue weighted by Gasteiger charge is 2.29. The Morgan fingerprint density at radius 1 is 0.839 bits per heavy atom. The van der Waals surface area contributed by atoms with Gasteiger partial charge in [-0.1, -0.05) is 49.1 Å². The number of thiazole rings is 1. The van der Waals surface area contributed by atoms with Crippen molar-refractivity contribution in [1.29, 1.82) is 0 Å². The molecule has 0 radical (unpaired) electrons. The van der Waals surface area contributed by atoms with E-state index in [0.717, 1.165) is 66.3 Å². The molecule has 12 nitrogen and oxygen atoms in total. The summed E-state index contributed by atoms with van der Waals surface area (Å²) in [6, 6.07) is 10.9. The van der Waals surface area contributed by atoms with Crippen molar-refractivity contribution in [3.05, 3.63) is 81.4 Å². The van der Waals surface area contributed by atoms with Crippen molar-refractivity contribution in [3.63, 3.8) is 0 Å². The first kappa shape index (κ1) is 47.1. The maximum atomic E-state index is 12.8. The van der Waals surface area contributed by atoms with Gasteiger partial charge in [-0.25, -0.2) is 0 Å². The van der Waals surface area contributed by atoms with Gasteiger partial charge in [0.2, 0.25) is 29.1 Å². The first-order valence-electron chi connectivity index (χ1n) is 21.4. The van der Waals surface area contributed by atoms with Crippen LogP contribution in [-0.4, -0.2) is 76.3 Å². The number of thioether (sulfide) groups is 1. The van der Waals surface area contributed by atoms with Crippen LogP contribution in [0.4, 0.5) is 5.69 Å². The van der Waals surface area contributed by atoms with Crippen LogP contribution < -0.4 is 30.7 Å². The third kappa shape index (κ3) is 12.0. The summed E-state index contributed by atoms with van der Waals surface area (Å²) in [5.74, 6) is -0.355. The van der Waals surface area contributed by atoms with Gasteiger partial charge >= 0.3 is 0 Å². The molecule has 2 aliphatic carbocycles. The van der Waals surface area contributed by atoms with Crippen molar-refractivity contribution in [2.75, 3.05) is 37.0 Å². The second-order valence-electron chi connectivity index (χ2n) is 16.0. The van der Waals surface area contributed by atoms with E-state index >= 15 is 0 Å². The molecule has 0 saturated carbocycles. The second-order valence-corrected chi connectivity index (χ2v) is 20.8. The fourth-order valence-corrected chi connectivity index (χ4v) is 11.5. The molecule has 16 heteroatoms. The van der Waals surface area contributed by atoms with Crippen molar-refractivity contribution >= 4 is 90.3 Å². The lowest BCUT2D eigenvalue weighted by Gasteiger charge is -2.29. The van der Waals surface area contributed by atoms with Crippen LogP contribution >= 0.6 is 23.1 Å². The zero-order valence-corrected chi connectivity index (χ0v) is 39.7. The Kier molecular flexibility index (Phi) is 16.6. The lowest BCUT2D eigenvalue weighted by Crippen LogP contribution is -2.46. The van der Waals surface area contributed by atoms with E-state index in [4.69, 9.17) is 0 Å². The molecule has 62 heavy (non-hydrogen) atoms. The molecule has 6 rings (SSSR count). The predicted octanol–water partition coefficient (Wildman–Crippen LogP) is 6.40. The van der Waals surface area contributed by atoms with Gasteiger partial charge in [0.1, 0.15) is 16.8 Å². The molecule has 1 aromatic heterocycles. The monoisotopic (exact) mass is 919 g/mol. The lowest BCUT2D eigenvalue weighted by molar-refractivity contribution is -0.669. The quantitative estimate of drug-likeness (QED) is 0.0844. The van der Waals surface area contributed by atoms with Gasteiger partial charge in [0.15, 0.2) is 6.54 Å². The summed E-state index contributed by atoms with van der Waals surface area (Å²) in [5, 5.41) is 13.6. The highest BCUT2D eigenvalue weighted by atomic mass is 32.2. The Morgan fingerprint density at radius 2 is 1.47 bits per heavy atom. The number of amides is 4. The van der Waals surface area contributed by atoms with E-state index in [1.54, 1.807) is 35.6 Å². The van der Waals surface area contributed by atoms with Gasteiger partial charge in [-0.3, -0.25) is 27.6 Å². The second kappa shape index (κ2) is 21.8. The lowest BCUT2D eigenvalue weighted by atomic mass is 9.77. The molecular formula is C46H59N6O6S4+. The Labute approximate surface area is 378 Å². The number of carbonyl (C=O) groups excluding carboxylic acids is 4. The number of allylic oxidation sites excluding steroid dienone is 6. The van der Waals surface area contributed by atoms with Crippen LogP contribution in [0.25, 0.3) is 16.3 Å². The summed E-state index contributed by atoms with van der Waals surface area (Å²) < 4.78 is 28.4. The van der Waals surface area contributed by atoms with Crippen LogP contribution in [0.3, 0.4) is 0 Å². The number of nitrogens with one attached hydrogen (secondary N) is 4. The molecule has 3 aliphatic rings. The van der Waals surface area contributed by atoms with Crippen molar-refractivity contribution in [3.8, 4) is 0 Å². The van der Waals surface area contributed by atoms with Crippen LogP contribution in [0, 0.1) is 5.92 Å². The largest absolute Gasteiger partial charge is 0.354 e.